The van der Waals surface area contributed by atoms with Gasteiger partial charge in [-0.3, -0.25) is 14.5 Å². The van der Waals surface area contributed by atoms with Crippen molar-refractivity contribution in [1.82, 2.24) is 4.90 Å². The van der Waals surface area contributed by atoms with Gasteiger partial charge in [-0.25, -0.2) is 4.79 Å². The Morgan fingerprint density at radius 3 is 2.51 bits per heavy atom. The number of ether oxygens (including phenoxy) is 2. The topological polar surface area (TPSA) is 72.9 Å². The van der Waals surface area contributed by atoms with Crippen LogP contribution in [0.4, 0.5) is 4.79 Å². The summed E-state index contributed by atoms with van der Waals surface area (Å²) in [6, 6.07) is 25.3. The van der Waals surface area contributed by atoms with Crippen LogP contribution >= 0.6 is 27.7 Å². The predicted octanol–water partition coefficient (Wildman–Crippen LogP) is 7.07. The van der Waals surface area contributed by atoms with Crippen molar-refractivity contribution in [3.63, 3.8) is 0 Å². The summed E-state index contributed by atoms with van der Waals surface area (Å²) in [5, 5.41) is 1.68. The predicted molar refractivity (Wildman–Crippen MR) is 148 cm³/mol. The molecule has 1 fully saturated rings. The fourth-order valence-electron chi connectivity index (χ4n) is 3.99. The SMILES string of the molecule is COc1ccc(C(=O)Oc2ccc(Br)cc2/C=C2\SC(=O)N(Cc3cccc4ccccc34)C2=O)cc1. The maximum Gasteiger partial charge on any atom is 0.343 e. The van der Waals surface area contributed by atoms with Crippen LogP contribution in [0.3, 0.4) is 0 Å². The van der Waals surface area contributed by atoms with Crippen molar-refractivity contribution >= 4 is 61.7 Å². The van der Waals surface area contributed by atoms with Crippen LogP contribution in [0, 0.1) is 0 Å². The first-order chi connectivity index (χ1) is 17.9. The summed E-state index contributed by atoms with van der Waals surface area (Å²) < 4.78 is 11.5. The molecule has 4 aromatic rings. The van der Waals surface area contributed by atoms with E-state index in [1.54, 1.807) is 55.7 Å². The minimum absolute atomic E-state index is 0.168. The molecule has 4 aromatic carbocycles. The monoisotopic (exact) mass is 573 g/mol. The third-order valence-corrected chi connectivity index (χ3v) is 7.27. The number of hydrogen-bond acceptors (Lipinski definition) is 6. The summed E-state index contributed by atoms with van der Waals surface area (Å²) in [6.07, 6.45) is 1.58. The molecule has 1 aliphatic rings. The number of hydrogen-bond donors (Lipinski definition) is 0. The molecule has 0 aliphatic carbocycles. The average Bonchev–Trinajstić information content (AvgIpc) is 3.17. The quantitative estimate of drug-likeness (QED) is 0.139. The van der Waals surface area contributed by atoms with E-state index in [9.17, 15) is 14.4 Å². The van der Waals surface area contributed by atoms with E-state index in [0.29, 0.717) is 16.9 Å². The summed E-state index contributed by atoms with van der Waals surface area (Å²) in [7, 11) is 1.55. The van der Waals surface area contributed by atoms with Crippen molar-refractivity contribution in [2.24, 2.45) is 0 Å². The number of halogens is 1. The molecule has 5 rings (SSSR count). The van der Waals surface area contributed by atoms with Crippen LogP contribution < -0.4 is 9.47 Å². The third kappa shape index (κ3) is 5.30. The Balaban J connectivity index is 1.40. The number of rotatable bonds is 6. The first kappa shape index (κ1) is 24.8. The Morgan fingerprint density at radius 1 is 0.973 bits per heavy atom. The van der Waals surface area contributed by atoms with Crippen molar-refractivity contribution in [3.8, 4) is 11.5 Å². The number of amides is 2. The molecule has 0 atom stereocenters. The van der Waals surface area contributed by atoms with E-state index in [1.165, 1.54) is 4.90 Å². The van der Waals surface area contributed by atoms with Gasteiger partial charge in [0.1, 0.15) is 11.5 Å². The highest BCUT2D eigenvalue weighted by Crippen LogP contribution is 2.36. The molecule has 0 unspecified atom stereocenters. The zero-order valence-electron chi connectivity index (χ0n) is 19.6. The van der Waals surface area contributed by atoms with Gasteiger partial charge in [0.2, 0.25) is 0 Å². The lowest BCUT2D eigenvalue weighted by molar-refractivity contribution is -0.123. The van der Waals surface area contributed by atoms with E-state index in [4.69, 9.17) is 9.47 Å². The fourth-order valence-corrected chi connectivity index (χ4v) is 5.20. The van der Waals surface area contributed by atoms with Crippen LogP contribution in [-0.4, -0.2) is 29.1 Å². The number of carbonyl (C=O) groups excluding carboxylic acids is 3. The molecule has 37 heavy (non-hydrogen) atoms. The molecule has 0 spiro atoms. The molecule has 0 saturated carbocycles. The van der Waals surface area contributed by atoms with Crippen LogP contribution in [0.25, 0.3) is 16.8 Å². The highest BCUT2D eigenvalue weighted by atomic mass is 79.9. The average molecular weight is 574 g/mol. The van der Waals surface area contributed by atoms with Crippen LogP contribution in [0.1, 0.15) is 21.5 Å². The molecule has 0 aromatic heterocycles. The van der Waals surface area contributed by atoms with E-state index < -0.39 is 11.9 Å². The lowest BCUT2D eigenvalue weighted by atomic mass is 10.0. The zero-order chi connectivity index (χ0) is 25.9. The van der Waals surface area contributed by atoms with Gasteiger partial charge in [0.05, 0.1) is 24.1 Å². The first-order valence-corrected chi connectivity index (χ1v) is 12.9. The molecule has 0 bridgehead atoms. The van der Waals surface area contributed by atoms with E-state index >= 15 is 0 Å². The Hall–Kier alpha value is -3.88. The van der Waals surface area contributed by atoms with Gasteiger partial charge in [0, 0.05) is 10.0 Å². The summed E-state index contributed by atoms with van der Waals surface area (Å²) >= 11 is 4.29. The second-order valence-corrected chi connectivity index (χ2v) is 10.1. The van der Waals surface area contributed by atoms with E-state index in [-0.39, 0.29) is 22.4 Å². The molecule has 0 N–H and O–H groups in total. The van der Waals surface area contributed by atoms with Gasteiger partial charge in [-0.2, -0.15) is 0 Å². The molecule has 1 heterocycles. The van der Waals surface area contributed by atoms with E-state index in [0.717, 1.165) is 32.6 Å². The summed E-state index contributed by atoms with van der Waals surface area (Å²) in [5.74, 6) is -0.0518. The number of benzene rings is 4. The lowest BCUT2D eigenvalue weighted by Crippen LogP contribution is -2.27. The summed E-state index contributed by atoms with van der Waals surface area (Å²) in [5.41, 5.74) is 1.73. The number of methoxy groups -OCH3 is 1. The largest absolute Gasteiger partial charge is 0.497 e. The minimum atomic E-state index is -0.552. The first-order valence-electron chi connectivity index (χ1n) is 11.3. The molecule has 8 heteroatoms. The van der Waals surface area contributed by atoms with Gasteiger partial charge >= 0.3 is 5.97 Å². The van der Waals surface area contributed by atoms with Gasteiger partial charge in [-0.05, 0) is 76.6 Å². The maximum absolute atomic E-state index is 13.2. The Kier molecular flexibility index (Phi) is 7.12. The zero-order valence-corrected chi connectivity index (χ0v) is 22.0. The van der Waals surface area contributed by atoms with Gasteiger partial charge in [0.15, 0.2) is 0 Å². The normalized spacial score (nSPS) is 14.4. The van der Waals surface area contributed by atoms with Crippen LogP contribution in [0.5, 0.6) is 11.5 Å². The summed E-state index contributed by atoms with van der Waals surface area (Å²) in [4.78, 5) is 40.3. The van der Waals surface area contributed by atoms with E-state index in [2.05, 4.69) is 15.9 Å². The van der Waals surface area contributed by atoms with Gasteiger partial charge < -0.3 is 9.47 Å². The lowest BCUT2D eigenvalue weighted by Gasteiger charge is -2.14. The van der Waals surface area contributed by atoms with Crippen molar-refractivity contribution in [3.05, 3.63) is 111 Å². The second-order valence-electron chi connectivity index (χ2n) is 8.21. The number of imide groups is 1. The number of fused-ring (bicyclic) bond motifs is 1. The molecular formula is C29H20BrNO5S. The molecule has 1 saturated heterocycles. The number of carbonyl (C=O) groups is 3. The fraction of sp³-hybridized carbons (Fsp3) is 0.0690. The third-order valence-electron chi connectivity index (χ3n) is 5.87. The smallest absolute Gasteiger partial charge is 0.343 e. The van der Waals surface area contributed by atoms with Crippen LogP contribution in [0.2, 0.25) is 0 Å². The highest BCUT2D eigenvalue weighted by Gasteiger charge is 2.35. The minimum Gasteiger partial charge on any atom is -0.497 e. The second kappa shape index (κ2) is 10.6. The molecule has 184 valence electrons. The number of thioether (sulfide) groups is 1. The Labute approximate surface area is 226 Å². The molecule has 0 radical (unpaired) electrons. The number of esters is 1. The Morgan fingerprint density at radius 2 is 1.73 bits per heavy atom. The Bertz CT molecular complexity index is 1560. The molecule has 6 nitrogen and oxygen atoms in total. The standard InChI is InChI=1S/C29H20BrNO5S/c1-35-23-12-9-19(10-13-23)28(33)36-25-14-11-22(30)15-21(25)16-26-27(32)31(29(34)37-26)17-20-7-4-6-18-5-2-3-8-24(18)20/h2-16H,17H2,1H3/b26-16-. The van der Waals surface area contributed by atoms with E-state index in [1.807, 2.05) is 42.5 Å². The van der Waals surface area contributed by atoms with Crippen LogP contribution in [0.15, 0.2) is 94.3 Å². The highest BCUT2D eigenvalue weighted by molar-refractivity contribution is 9.10. The number of nitrogens with zero attached hydrogens (tertiary/aromatic N) is 1. The molecule has 1 aliphatic heterocycles. The molecular weight excluding hydrogens is 554 g/mol. The van der Waals surface area contributed by atoms with Crippen molar-refractivity contribution in [2.75, 3.05) is 7.11 Å². The van der Waals surface area contributed by atoms with Crippen molar-refractivity contribution in [2.45, 2.75) is 6.54 Å². The van der Waals surface area contributed by atoms with Gasteiger partial charge in [-0.15, -0.1) is 0 Å². The maximum atomic E-state index is 13.2. The van der Waals surface area contributed by atoms with Crippen LogP contribution in [-0.2, 0) is 11.3 Å². The van der Waals surface area contributed by atoms with Crippen molar-refractivity contribution in [1.29, 1.82) is 0 Å². The van der Waals surface area contributed by atoms with Crippen molar-refractivity contribution < 1.29 is 23.9 Å². The summed E-state index contributed by atoms with van der Waals surface area (Å²) in [6.45, 7) is 0.168. The molecule has 2 amide bonds. The van der Waals surface area contributed by atoms with Gasteiger partial charge in [0.25, 0.3) is 11.1 Å². The van der Waals surface area contributed by atoms with Gasteiger partial charge in [-0.1, -0.05) is 58.4 Å².